The second-order valence-electron chi connectivity index (χ2n) is 4.06. The number of hydrogen-bond donors (Lipinski definition) is 2. The SMILES string of the molecule is CCc1cccnc1CNS(=O)(=O)c1cnc(N)nc1. The lowest BCUT2D eigenvalue weighted by Gasteiger charge is -2.08. The van der Waals surface area contributed by atoms with Crippen molar-refractivity contribution in [2.24, 2.45) is 0 Å². The largest absolute Gasteiger partial charge is 0.368 e. The van der Waals surface area contributed by atoms with Gasteiger partial charge in [0, 0.05) is 6.20 Å². The summed E-state index contributed by atoms with van der Waals surface area (Å²) in [5.41, 5.74) is 7.03. The van der Waals surface area contributed by atoms with E-state index in [0.29, 0.717) is 5.69 Å². The van der Waals surface area contributed by atoms with Gasteiger partial charge in [-0.05, 0) is 18.1 Å². The Morgan fingerprint density at radius 1 is 1.25 bits per heavy atom. The third-order valence-corrected chi connectivity index (χ3v) is 4.11. The fraction of sp³-hybridized carbons (Fsp3) is 0.250. The number of nitrogens with zero attached hydrogens (tertiary/aromatic N) is 3. The van der Waals surface area contributed by atoms with E-state index in [0.717, 1.165) is 12.0 Å². The van der Waals surface area contributed by atoms with Gasteiger partial charge in [-0.3, -0.25) is 4.98 Å². The van der Waals surface area contributed by atoms with Crippen molar-refractivity contribution in [2.45, 2.75) is 24.8 Å². The van der Waals surface area contributed by atoms with Crippen LogP contribution in [0.4, 0.5) is 5.95 Å². The Kier molecular flexibility index (Phi) is 4.26. The molecule has 0 saturated heterocycles. The summed E-state index contributed by atoms with van der Waals surface area (Å²) < 4.78 is 26.6. The fourth-order valence-electron chi connectivity index (χ4n) is 1.66. The number of sulfonamides is 1. The molecule has 0 bridgehead atoms. The lowest BCUT2D eigenvalue weighted by atomic mass is 10.1. The number of nitrogens with one attached hydrogen (secondary N) is 1. The molecular formula is C12H15N5O2S. The Labute approximate surface area is 117 Å². The molecule has 20 heavy (non-hydrogen) atoms. The first kappa shape index (κ1) is 14.4. The number of aromatic nitrogens is 3. The van der Waals surface area contributed by atoms with E-state index >= 15 is 0 Å². The van der Waals surface area contributed by atoms with Crippen LogP contribution < -0.4 is 10.5 Å². The normalized spacial score (nSPS) is 11.4. The van der Waals surface area contributed by atoms with E-state index in [9.17, 15) is 8.42 Å². The Morgan fingerprint density at radius 3 is 2.60 bits per heavy atom. The van der Waals surface area contributed by atoms with Crippen LogP contribution in [0.15, 0.2) is 35.6 Å². The van der Waals surface area contributed by atoms with Gasteiger partial charge in [-0.25, -0.2) is 23.1 Å². The molecule has 0 unspecified atom stereocenters. The molecule has 0 atom stereocenters. The first-order chi connectivity index (χ1) is 9.53. The first-order valence-corrected chi connectivity index (χ1v) is 7.51. The molecule has 106 valence electrons. The van der Waals surface area contributed by atoms with Crippen molar-refractivity contribution >= 4 is 16.0 Å². The second-order valence-corrected chi connectivity index (χ2v) is 5.83. The molecule has 0 saturated carbocycles. The van der Waals surface area contributed by atoms with E-state index in [4.69, 9.17) is 5.73 Å². The van der Waals surface area contributed by atoms with Crippen molar-refractivity contribution in [1.82, 2.24) is 19.7 Å². The van der Waals surface area contributed by atoms with Crippen LogP contribution >= 0.6 is 0 Å². The molecule has 0 aromatic carbocycles. The zero-order valence-corrected chi connectivity index (χ0v) is 11.8. The minimum atomic E-state index is -3.67. The molecular weight excluding hydrogens is 278 g/mol. The Bertz CT molecular complexity index is 685. The zero-order valence-electron chi connectivity index (χ0n) is 10.9. The highest BCUT2D eigenvalue weighted by Crippen LogP contribution is 2.09. The van der Waals surface area contributed by atoms with Gasteiger partial charge in [-0.1, -0.05) is 13.0 Å². The minimum Gasteiger partial charge on any atom is -0.368 e. The van der Waals surface area contributed by atoms with Gasteiger partial charge in [-0.15, -0.1) is 0 Å². The average Bonchev–Trinajstić information content (AvgIpc) is 2.46. The number of hydrogen-bond acceptors (Lipinski definition) is 6. The van der Waals surface area contributed by atoms with E-state index in [2.05, 4.69) is 19.7 Å². The number of nitrogens with two attached hydrogens (primary N) is 1. The summed E-state index contributed by atoms with van der Waals surface area (Å²) in [6.07, 6.45) is 4.76. The summed E-state index contributed by atoms with van der Waals surface area (Å²) in [4.78, 5) is 11.5. The van der Waals surface area contributed by atoms with Gasteiger partial charge in [0.25, 0.3) is 0 Å². The van der Waals surface area contributed by atoms with Gasteiger partial charge in [0.05, 0.1) is 24.6 Å². The van der Waals surface area contributed by atoms with Gasteiger partial charge in [-0.2, -0.15) is 0 Å². The Morgan fingerprint density at radius 2 is 1.95 bits per heavy atom. The van der Waals surface area contributed by atoms with Gasteiger partial charge in [0.15, 0.2) is 0 Å². The molecule has 0 radical (unpaired) electrons. The number of rotatable bonds is 5. The highest BCUT2D eigenvalue weighted by Gasteiger charge is 2.15. The maximum Gasteiger partial charge on any atom is 0.243 e. The van der Waals surface area contributed by atoms with Crippen molar-refractivity contribution in [3.05, 3.63) is 42.0 Å². The van der Waals surface area contributed by atoms with Crippen LogP contribution in [0.3, 0.4) is 0 Å². The predicted molar refractivity (Wildman–Crippen MR) is 74.1 cm³/mol. The quantitative estimate of drug-likeness (QED) is 0.830. The van der Waals surface area contributed by atoms with Crippen LogP contribution in [0.5, 0.6) is 0 Å². The molecule has 7 nitrogen and oxygen atoms in total. The van der Waals surface area contributed by atoms with Gasteiger partial charge in [0.1, 0.15) is 4.90 Å². The molecule has 0 spiro atoms. The zero-order chi connectivity index (χ0) is 14.6. The number of anilines is 1. The number of aryl methyl sites for hydroxylation is 1. The van der Waals surface area contributed by atoms with Crippen LogP contribution in [0.25, 0.3) is 0 Å². The van der Waals surface area contributed by atoms with E-state index in [1.807, 2.05) is 19.1 Å². The van der Waals surface area contributed by atoms with Crippen molar-refractivity contribution in [3.8, 4) is 0 Å². The number of pyridine rings is 1. The lowest BCUT2D eigenvalue weighted by Crippen LogP contribution is -2.24. The Balaban J connectivity index is 2.15. The minimum absolute atomic E-state index is 0.0271. The standard InChI is InChI=1S/C12H15N5O2S/c1-2-9-4-3-5-14-11(9)8-17-20(18,19)10-6-15-12(13)16-7-10/h3-7,17H,2,8H2,1H3,(H2,13,15,16). The van der Waals surface area contributed by atoms with Crippen molar-refractivity contribution in [1.29, 1.82) is 0 Å². The molecule has 0 amide bonds. The summed E-state index contributed by atoms with van der Waals surface area (Å²) in [5, 5.41) is 0. The summed E-state index contributed by atoms with van der Waals surface area (Å²) >= 11 is 0. The van der Waals surface area contributed by atoms with Crippen LogP contribution in [0.2, 0.25) is 0 Å². The summed E-state index contributed by atoms with van der Waals surface area (Å²) in [6.45, 7) is 2.11. The molecule has 0 aliphatic heterocycles. The lowest BCUT2D eigenvalue weighted by molar-refractivity contribution is 0.579. The smallest absolute Gasteiger partial charge is 0.243 e. The topological polar surface area (TPSA) is 111 Å². The van der Waals surface area contributed by atoms with E-state index in [1.165, 1.54) is 12.4 Å². The Hall–Kier alpha value is -2.06. The molecule has 0 aliphatic carbocycles. The molecule has 2 heterocycles. The molecule has 3 N–H and O–H groups in total. The molecule has 2 aromatic rings. The van der Waals surface area contributed by atoms with Gasteiger partial charge >= 0.3 is 0 Å². The highest BCUT2D eigenvalue weighted by molar-refractivity contribution is 7.89. The molecule has 2 rings (SSSR count). The summed E-state index contributed by atoms with van der Waals surface area (Å²) in [7, 11) is -3.67. The first-order valence-electron chi connectivity index (χ1n) is 6.03. The third-order valence-electron chi connectivity index (χ3n) is 2.75. The highest BCUT2D eigenvalue weighted by atomic mass is 32.2. The second kappa shape index (κ2) is 5.93. The van der Waals surface area contributed by atoms with Crippen LogP contribution in [0, 0.1) is 0 Å². The van der Waals surface area contributed by atoms with Crippen LogP contribution in [-0.4, -0.2) is 23.4 Å². The maximum absolute atomic E-state index is 12.1. The van der Waals surface area contributed by atoms with E-state index in [1.54, 1.807) is 6.20 Å². The average molecular weight is 293 g/mol. The van der Waals surface area contributed by atoms with E-state index in [-0.39, 0.29) is 17.4 Å². The fourth-order valence-corrected chi connectivity index (χ4v) is 2.54. The summed E-state index contributed by atoms with van der Waals surface area (Å²) in [6, 6.07) is 3.74. The van der Waals surface area contributed by atoms with E-state index < -0.39 is 10.0 Å². The predicted octanol–water partition coefficient (Wildman–Crippen LogP) is 0.495. The summed E-state index contributed by atoms with van der Waals surface area (Å²) in [5.74, 6) is 0.0296. The van der Waals surface area contributed by atoms with Crippen LogP contribution in [-0.2, 0) is 23.0 Å². The molecule has 0 aliphatic rings. The molecule has 2 aromatic heterocycles. The van der Waals surface area contributed by atoms with Gasteiger partial charge in [0.2, 0.25) is 16.0 Å². The third kappa shape index (κ3) is 3.28. The monoisotopic (exact) mass is 293 g/mol. The van der Waals surface area contributed by atoms with Crippen LogP contribution in [0.1, 0.15) is 18.2 Å². The van der Waals surface area contributed by atoms with Crippen molar-refractivity contribution in [2.75, 3.05) is 5.73 Å². The van der Waals surface area contributed by atoms with Gasteiger partial charge < -0.3 is 5.73 Å². The van der Waals surface area contributed by atoms with Crippen molar-refractivity contribution < 1.29 is 8.42 Å². The molecule has 0 fully saturated rings. The maximum atomic E-state index is 12.1. The van der Waals surface area contributed by atoms with Crippen molar-refractivity contribution in [3.63, 3.8) is 0 Å². The number of nitrogen functional groups attached to an aromatic ring is 1. The molecule has 8 heteroatoms.